The van der Waals surface area contributed by atoms with E-state index in [1.54, 1.807) is 0 Å². The van der Waals surface area contributed by atoms with E-state index in [1.165, 1.54) is 0 Å². The van der Waals surface area contributed by atoms with Crippen molar-refractivity contribution >= 4 is 12.1 Å². The molecule has 0 unspecified atom stereocenters. The van der Waals surface area contributed by atoms with Gasteiger partial charge in [0, 0.05) is 19.6 Å². The Morgan fingerprint density at radius 1 is 0.811 bits per heavy atom. The molecule has 0 saturated carbocycles. The highest BCUT2D eigenvalue weighted by molar-refractivity contribution is 5.76. The molecule has 0 spiro atoms. The highest BCUT2D eigenvalue weighted by Gasteiger charge is 2.28. The number of esters is 1. The summed E-state index contributed by atoms with van der Waals surface area (Å²) in [6, 6.07) is 29.3. The highest BCUT2D eigenvalue weighted by Crippen LogP contribution is 2.17. The van der Waals surface area contributed by atoms with Gasteiger partial charge < -0.3 is 14.8 Å². The summed E-state index contributed by atoms with van der Waals surface area (Å²) in [6.45, 7) is 7.37. The fraction of sp³-hybridized carbons (Fsp3) is 0.355. The molecule has 1 atom stereocenters. The van der Waals surface area contributed by atoms with E-state index in [-0.39, 0.29) is 12.6 Å². The summed E-state index contributed by atoms with van der Waals surface area (Å²) < 4.78 is 11.2. The molecule has 6 heteroatoms. The molecular formula is C31H38N2O4. The van der Waals surface area contributed by atoms with E-state index < -0.39 is 17.7 Å². The summed E-state index contributed by atoms with van der Waals surface area (Å²) >= 11 is 0. The van der Waals surface area contributed by atoms with Crippen LogP contribution < -0.4 is 5.32 Å². The number of nitrogens with one attached hydrogen (secondary N) is 1. The van der Waals surface area contributed by atoms with Gasteiger partial charge in [0.25, 0.3) is 0 Å². The van der Waals surface area contributed by atoms with E-state index in [9.17, 15) is 9.59 Å². The lowest BCUT2D eigenvalue weighted by molar-refractivity contribution is -0.151. The molecule has 1 N–H and O–H groups in total. The summed E-state index contributed by atoms with van der Waals surface area (Å²) in [6.07, 6.45) is 0.745. The predicted molar refractivity (Wildman–Crippen MR) is 146 cm³/mol. The SMILES string of the molecule is CC(C)(C)OC(=O)NCCCN(Cc1ccccc1)[C@H](Cc1ccccc1)C(=O)OCc1ccccc1. The average Bonchev–Trinajstić information content (AvgIpc) is 2.88. The first-order valence-electron chi connectivity index (χ1n) is 12.8. The van der Waals surface area contributed by atoms with Crippen molar-refractivity contribution in [3.8, 4) is 0 Å². The van der Waals surface area contributed by atoms with Crippen LogP contribution in [0.25, 0.3) is 0 Å². The normalized spacial score (nSPS) is 12.1. The number of amides is 1. The first-order valence-corrected chi connectivity index (χ1v) is 12.8. The van der Waals surface area contributed by atoms with E-state index in [1.807, 2.05) is 99.6 Å². The maximum atomic E-state index is 13.5. The van der Waals surface area contributed by atoms with Gasteiger partial charge in [-0.3, -0.25) is 9.69 Å². The molecule has 3 rings (SSSR count). The fourth-order valence-corrected chi connectivity index (χ4v) is 3.97. The maximum absolute atomic E-state index is 13.5. The van der Waals surface area contributed by atoms with Crippen molar-refractivity contribution in [2.24, 2.45) is 0 Å². The molecule has 0 heterocycles. The summed E-state index contributed by atoms with van der Waals surface area (Å²) in [5.41, 5.74) is 2.57. The van der Waals surface area contributed by atoms with Gasteiger partial charge in [0.15, 0.2) is 0 Å². The van der Waals surface area contributed by atoms with Crippen LogP contribution >= 0.6 is 0 Å². The van der Waals surface area contributed by atoms with E-state index in [4.69, 9.17) is 9.47 Å². The molecule has 0 aliphatic carbocycles. The number of hydrogen-bond acceptors (Lipinski definition) is 5. The molecule has 1 amide bonds. The van der Waals surface area contributed by atoms with Crippen molar-refractivity contribution in [3.63, 3.8) is 0 Å². The van der Waals surface area contributed by atoms with Crippen molar-refractivity contribution in [2.45, 2.75) is 58.4 Å². The smallest absolute Gasteiger partial charge is 0.407 e. The molecule has 0 fully saturated rings. The Hall–Kier alpha value is -3.64. The summed E-state index contributed by atoms with van der Waals surface area (Å²) in [5.74, 6) is -0.260. The number of rotatable bonds is 12. The van der Waals surface area contributed by atoms with Gasteiger partial charge >= 0.3 is 12.1 Å². The van der Waals surface area contributed by atoms with Crippen LogP contribution in [0.3, 0.4) is 0 Å². The third-order valence-electron chi connectivity index (χ3n) is 5.73. The molecule has 0 radical (unpaired) electrons. The predicted octanol–water partition coefficient (Wildman–Crippen LogP) is 5.76. The topological polar surface area (TPSA) is 67.9 Å². The van der Waals surface area contributed by atoms with E-state index in [0.29, 0.717) is 32.5 Å². The van der Waals surface area contributed by atoms with Gasteiger partial charge in [0.2, 0.25) is 0 Å². The van der Waals surface area contributed by atoms with Crippen LogP contribution in [0.1, 0.15) is 43.9 Å². The van der Waals surface area contributed by atoms with Crippen molar-refractivity contribution in [3.05, 3.63) is 108 Å². The standard InChI is InChI=1S/C31H38N2O4/c1-31(2,3)37-30(35)32-20-13-21-33(23-26-16-9-5-10-17-26)28(22-25-14-7-4-8-15-25)29(34)36-24-27-18-11-6-12-19-27/h4-12,14-19,28H,13,20-24H2,1-3H3,(H,32,35)/t28-/m1/s1. The number of carbonyl (C=O) groups excluding carboxylic acids is 2. The zero-order valence-electron chi connectivity index (χ0n) is 22.1. The Bertz CT molecular complexity index is 1080. The third kappa shape index (κ3) is 10.5. The van der Waals surface area contributed by atoms with Gasteiger partial charge in [-0.25, -0.2) is 4.79 Å². The summed E-state index contributed by atoms with van der Waals surface area (Å²) in [5, 5.41) is 2.82. The minimum Gasteiger partial charge on any atom is -0.460 e. The zero-order valence-corrected chi connectivity index (χ0v) is 22.1. The Labute approximate surface area is 220 Å². The molecule has 6 nitrogen and oxygen atoms in total. The molecule has 3 aromatic rings. The number of benzene rings is 3. The van der Waals surface area contributed by atoms with Gasteiger partial charge in [0.1, 0.15) is 18.2 Å². The second kappa shape index (κ2) is 14.2. The minimum absolute atomic E-state index is 0.227. The number of carbonyl (C=O) groups is 2. The van der Waals surface area contributed by atoms with E-state index >= 15 is 0 Å². The molecule has 37 heavy (non-hydrogen) atoms. The van der Waals surface area contributed by atoms with Gasteiger partial charge in [0.05, 0.1) is 0 Å². The van der Waals surface area contributed by atoms with Crippen LogP contribution in [0.15, 0.2) is 91.0 Å². The molecule has 196 valence electrons. The Morgan fingerprint density at radius 3 is 1.92 bits per heavy atom. The lowest BCUT2D eigenvalue weighted by Gasteiger charge is -2.31. The zero-order chi connectivity index (χ0) is 26.5. The van der Waals surface area contributed by atoms with Gasteiger partial charge in [-0.05, 0) is 50.3 Å². The second-order valence-corrected chi connectivity index (χ2v) is 10.0. The van der Waals surface area contributed by atoms with Crippen molar-refractivity contribution < 1.29 is 19.1 Å². The van der Waals surface area contributed by atoms with Crippen LogP contribution in [0.2, 0.25) is 0 Å². The molecule has 3 aromatic carbocycles. The molecule has 0 saturated heterocycles. The number of alkyl carbamates (subject to hydrolysis) is 1. The fourth-order valence-electron chi connectivity index (χ4n) is 3.97. The molecule has 0 bridgehead atoms. The van der Waals surface area contributed by atoms with Crippen molar-refractivity contribution in [2.75, 3.05) is 13.1 Å². The lowest BCUT2D eigenvalue weighted by atomic mass is 10.0. The van der Waals surface area contributed by atoms with Gasteiger partial charge in [-0.1, -0.05) is 91.0 Å². The van der Waals surface area contributed by atoms with E-state index in [2.05, 4.69) is 22.3 Å². The Balaban J connectivity index is 1.74. The second-order valence-electron chi connectivity index (χ2n) is 10.0. The Kier molecular flexibility index (Phi) is 10.7. The van der Waals surface area contributed by atoms with Gasteiger partial charge in [-0.2, -0.15) is 0 Å². The molecule has 0 aromatic heterocycles. The average molecular weight is 503 g/mol. The third-order valence-corrected chi connectivity index (χ3v) is 5.73. The molecular weight excluding hydrogens is 464 g/mol. The highest BCUT2D eigenvalue weighted by atomic mass is 16.6. The van der Waals surface area contributed by atoms with Crippen molar-refractivity contribution in [1.82, 2.24) is 10.2 Å². The van der Waals surface area contributed by atoms with Crippen LogP contribution in [-0.2, 0) is 33.8 Å². The van der Waals surface area contributed by atoms with E-state index in [0.717, 1.165) is 16.7 Å². The van der Waals surface area contributed by atoms with Crippen LogP contribution in [0.4, 0.5) is 4.79 Å². The van der Waals surface area contributed by atoms with Gasteiger partial charge in [-0.15, -0.1) is 0 Å². The van der Waals surface area contributed by atoms with Crippen molar-refractivity contribution in [1.29, 1.82) is 0 Å². The number of nitrogens with zero attached hydrogens (tertiary/aromatic N) is 1. The monoisotopic (exact) mass is 502 g/mol. The quantitative estimate of drug-likeness (QED) is 0.252. The van der Waals surface area contributed by atoms with Crippen LogP contribution in [0, 0.1) is 0 Å². The Morgan fingerprint density at radius 2 is 1.35 bits per heavy atom. The van der Waals surface area contributed by atoms with Crippen LogP contribution in [0.5, 0.6) is 0 Å². The summed E-state index contributed by atoms with van der Waals surface area (Å²) in [7, 11) is 0. The number of hydrogen-bond donors (Lipinski definition) is 1. The lowest BCUT2D eigenvalue weighted by Crippen LogP contribution is -2.44. The molecule has 0 aliphatic heterocycles. The number of ether oxygens (including phenoxy) is 2. The molecule has 0 aliphatic rings. The maximum Gasteiger partial charge on any atom is 0.407 e. The minimum atomic E-state index is -0.549. The van der Waals surface area contributed by atoms with Crippen LogP contribution in [-0.4, -0.2) is 41.7 Å². The first-order chi connectivity index (χ1) is 17.8. The largest absolute Gasteiger partial charge is 0.460 e. The first kappa shape index (κ1) is 27.9. The summed E-state index contributed by atoms with van der Waals surface area (Å²) in [4.78, 5) is 27.7.